The highest BCUT2D eigenvalue weighted by molar-refractivity contribution is 5.87. The van der Waals surface area contributed by atoms with Crippen molar-refractivity contribution >= 4 is 5.78 Å². The maximum Gasteiger partial charge on any atom is 0.186 e. The van der Waals surface area contributed by atoms with E-state index in [4.69, 9.17) is 14.2 Å². The number of ether oxygens (including phenoxy) is 3. The number of hydrogen-bond acceptors (Lipinski definition) is 11. The van der Waals surface area contributed by atoms with Crippen molar-refractivity contribution in [2.45, 2.75) is 94.7 Å². The molecule has 3 rings (SSSR count). The Labute approximate surface area is 204 Å². The summed E-state index contributed by atoms with van der Waals surface area (Å²) in [7, 11) is 0. The van der Waals surface area contributed by atoms with Crippen LogP contribution < -0.4 is 0 Å². The molecule has 0 spiro atoms. The van der Waals surface area contributed by atoms with E-state index in [1.165, 1.54) is 13.0 Å². The maximum absolute atomic E-state index is 11.4. The van der Waals surface area contributed by atoms with Crippen LogP contribution in [0, 0.1) is 11.3 Å². The van der Waals surface area contributed by atoms with Crippen LogP contribution in [0.25, 0.3) is 0 Å². The third-order valence-corrected chi connectivity index (χ3v) is 7.29. The van der Waals surface area contributed by atoms with E-state index in [-0.39, 0.29) is 25.4 Å². The van der Waals surface area contributed by atoms with Crippen LogP contribution in [-0.2, 0) is 19.0 Å². The number of aliphatic hydroxyl groups is 7. The van der Waals surface area contributed by atoms with E-state index >= 15 is 0 Å². The van der Waals surface area contributed by atoms with Crippen molar-refractivity contribution < 1.29 is 54.8 Å². The lowest BCUT2D eigenvalue weighted by Gasteiger charge is -2.51. The molecule has 0 aromatic rings. The zero-order valence-corrected chi connectivity index (χ0v) is 20.5. The van der Waals surface area contributed by atoms with Crippen LogP contribution in [0.15, 0.2) is 17.4 Å². The average molecular weight is 503 g/mol. The molecule has 200 valence electrons. The summed E-state index contributed by atoms with van der Waals surface area (Å²) in [5, 5.41) is 72.5. The summed E-state index contributed by atoms with van der Waals surface area (Å²) in [6.07, 6.45) is -7.56. The third-order valence-electron chi connectivity index (χ3n) is 7.29. The molecule has 0 aromatic heterocycles. The number of carbonyl (C=O) groups is 1. The molecule has 35 heavy (non-hydrogen) atoms. The van der Waals surface area contributed by atoms with Crippen LogP contribution in [0.5, 0.6) is 0 Å². The van der Waals surface area contributed by atoms with Crippen LogP contribution in [-0.4, -0.2) is 115 Å². The van der Waals surface area contributed by atoms with Crippen molar-refractivity contribution in [2.75, 3.05) is 19.8 Å². The molecule has 1 aliphatic carbocycles. The fraction of sp³-hybridized carbons (Fsp3) is 0.833. The Morgan fingerprint density at radius 2 is 1.77 bits per heavy atom. The molecular formula is C24H38O11. The van der Waals surface area contributed by atoms with Gasteiger partial charge in [0.1, 0.15) is 36.1 Å². The van der Waals surface area contributed by atoms with Crippen LogP contribution in [0.1, 0.15) is 40.5 Å². The molecule has 3 aliphatic rings. The fourth-order valence-corrected chi connectivity index (χ4v) is 5.56. The van der Waals surface area contributed by atoms with Crippen molar-refractivity contribution in [3.8, 4) is 0 Å². The van der Waals surface area contributed by atoms with E-state index in [1.807, 2.05) is 13.8 Å². The summed E-state index contributed by atoms with van der Waals surface area (Å²) < 4.78 is 16.6. The summed E-state index contributed by atoms with van der Waals surface area (Å²) >= 11 is 0. The summed E-state index contributed by atoms with van der Waals surface area (Å²) in [4.78, 5) is 11.4. The van der Waals surface area contributed by atoms with Gasteiger partial charge in [0.25, 0.3) is 0 Å². The van der Waals surface area contributed by atoms with Crippen molar-refractivity contribution in [1.82, 2.24) is 0 Å². The van der Waals surface area contributed by atoms with Gasteiger partial charge in [0.2, 0.25) is 0 Å². The molecule has 0 bridgehead atoms. The molecule has 11 nitrogen and oxygen atoms in total. The van der Waals surface area contributed by atoms with E-state index in [9.17, 15) is 40.5 Å². The Hall–Kier alpha value is -1.21. The van der Waals surface area contributed by atoms with Gasteiger partial charge >= 0.3 is 0 Å². The van der Waals surface area contributed by atoms with Gasteiger partial charge in [-0.25, -0.2) is 0 Å². The first-order valence-electron chi connectivity index (χ1n) is 11.8. The second kappa shape index (κ2) is 10.3. The van der Waals surface area contributed by atoms with Crippen LogP contribution in [0.3, 0.4) is 0 Å². The van der Waals surface area contributed by atoms with Crippen molar-refractivity contribution in [3.63, 3.8) is 0 Å². The molecule has 10 atom stereocenters. The maximum atomic E-state index is 11.4. The number of carbonyl (C=O) groups excluding carboxylic acids is 1. The van der Waals surface area contributed by atoms with Gasteiger partial charge in [-0.2, -0.15) is 0 Å². The minimum absolute atomic E-state index is 0.149. The standard InChI is InChI=1S/C24H38O11/c1-12(26)5-6-15-22(2,3)7-13(8-23(15,4)31)19-18(29)17(28)16(27)14(35-19)9-33-21-20(30)24(32,10-25)11-34-21/h5,13-14,16-21,25,27-32H,7-11H2,1-4H3/t6?,13-,14+,16+,17-,18+,19-,20-,21+,23+,24+/m0/s1. The van der Waals surface area contributed by atoms with E-state index < -0.39 is 72.1 Å². The van der Waals surface area contributed by atoms with E-state index in [2.05, 4.69) is 5.73 Å². The first-order chi connectivity index (χ1) is 16.1. The Bertz CT molecular complexity index is 828. The smallest absolute Gasteiger partial charge is 0.186 e. The lowest BCUT2D eigenvalue weighted by atomic mass is 9.60. The SMILES string of the molecule is CC(=O)C=C=C1C(C)(C)C[C@H]([C@@H]2O[C@H](CO[C@@H]3OC[C@](O)(CO)[C@H]3O)[C@@H](O)[C@H](O)[C@H]2O)C[C@@]1(C)O. The minimum Gasteiger partial charge on any atom is -0.393 e. The topological polar surface area (TPSA) is 186 Å². The Balaban J connectivity index is 1.76. The summed E-state index contributed by atoms with van der Waals surface area (Å²) in [5.41, 5.74) is -0.390. The van der Waals surface area contributed by atoms with Gasteiger partial charge < -0.3 is 50.0 Å². The molecular weight excluding hydrogens is 464 g/mol. The van der Waals surface area contributed by atoms with Gasteiger partial charge in [-0.1, -0.05) is 13.8 Å². The predicted molar refractivity (Wildman–Crippen MR) is 120 cm³/mol. The van der Waals surface area contributed by atoms with Crippen LogP contribution in [0.4, 0.5) is 0 Å². The fourth-order valence-electron chi connectivity index (χ4n) is 5.56. The zero-order chi connectivity index (χ0) is 26.3. The van der Waals surface area contributed by atoms with E-state index in [0.717, 1.165) is 0 Å². The molecule has 3 fully saturated rings. The first kappa shape index (κ1) is 28.4. The average Bonchev–Trinajstić information content (AvgIpc) is 3.04. The first-order valence-corrected chi connectivity index (χ1v) is 11.8. The van der Waals surface area contributed by atoms with Crippen molar-refractivity contribution in [1.29, 1.82) is 0 Å². The monoisotopic (exact) mass is 502 g/mol. The van der Waals surface area contributed by atoms with Gasteiger partial charge in [-0.15, -0.1) is 5.73 Å². The molecule has 2 saturated heterocycles. The predicted octanol–water partition coefficient (Wildman–Crippen LogP) is -1.85. The highest BCUT2D eigenvalue weighted by atomic mass is 16.7. The van der Waals surface area contributed by atoms with Gasteiger partial charge in [0.15, 0.2) is 12.1 Å². The number of hydrogen-bond donors (Lipinski definition) is 7. The zero-order valence-electron chi connectivity index (χ0n) is 20.5. The van der Waals surface area contributed by atoms with Gasteiger partial charge in [0.05, 0.1) is 31.5 Å². The highest BCUT2D eigenvalue weighted by Gasteiger charge is 2.54. The van der Waals surface area contributed by atoms with E-state index in [1.54, 1.807) is 6.92 Å². The molecule has 11 heteroatoms. The lowest BCUT2D eigenvalue weighted by molar-refractivity contribution is -0.264. The highest BCUT2D eigenvalue weighted by Crippen LogP contribution is 2.50. The van der Waals surface area contributed by atoms with Gasteiger partial charge in [-0.05, 0) is 38.0 Å². The second-order valence-corrected chi connectivity index (χ2v) is 10.9. The third kappa shape index (κ3) is 5.71. The Morgan fingerprint density at radius 1 is 1.11 bits per heavy atom. The van der Waals surface area contributed by atoms with Crippen molar-refractivity contribution in [3.05, 3.63) is 17.4 Å². The lowest BCUT2D eigenvalue weighted by Crippen LogP contribution is -2.62. The summed E-state index contributed by atoms with van der Waals surface area (Å²) in [6, 6.07) is 0. The molecule has 7 N–H and O–H groups in total. The molecule has 0 aromatic carbocycles. The Morgan fingerprint density at radius 3 is 2.31 bits per heavy atom. The molecule has 0 unspecified atom stereocenters. The molecule has 2 aliphatic heterocycles. The summed E-state index contributed by atoms with van der Waals surface area (Å²) in [6.45, 7) is 5.32. The largest absolute Gasteiger partial charge is 0.393 e. The molecule has 2 heterocycles. The number of ketones is 1. The molecule has 0 radical (unpaired) electrons. The van der Waals surface area contributed by atoms with E-state index in [0.29, 0.717) is 12.0 Å². The number of rotatable bonds is 6. The Kier molecular flexibility index (Phi) is 8.33. The quantitative estimate of drug-likeness (QED) is 0.160. The molecule has 0 amide bonds. The second-order valence-electron chi connectivity index (χ2n) is 10.9. The minimum atomic E-state index is -1.88. The molecule has 1 saturated carbocycles. The number of aliphatic hydroxyl groups excluding tert-OH is 5. The van der Waals surface area contributed by atoms with Crippen LogP contribution >= 0.6 is 0 Å². The van der Waals surface area contributed by atoms with Crippen LogP contribution in [0.2, 0.25) is 0 Å². The normalized spacial score (nSPS) is 45.7. The van der Waals surface area contributed by atoms with Gasteiger partial charge in [-0.3, -0.25) is 4.79 Å². The van der Waals surface area contributed by atoms with Gasteiger partial charge in [0, 0.05) is 11.6 Å². The summed E-state index contributed by atoms with van der Waals surface area (Å²) in [5.74, 6) is -0.638. The van der Waals surface area contributed by atoms with Crippen molar-refractivity contribution in [2.24, 2.45) is 11.3 Å².